The highest BCUT2D eigenvalue weighted by Crippen LogP contribution is 2.62. The van der Waals surface area contributed by atoms with E-state index in [4.69, 9.17) is 4.74 Å². The van der Waals surface area contributed by atoms with E-state index in [0.29, 0.717) is 5.92 Å². The van der Waals surface area contributed by atoms with Crippen molar-refractivity contribution in [2.45, 2.75) is 17.8 Å². The van der Waals surface area contributed by atoms with Crippen LogP contribution in [0.3, 0.4) is 0 Å². The van der Waals surface area contributed by atoms with Gasteiger partial charge in [-0.2, -0.15) is 0 Å². The third-order valence-corrected chi connectivity index (χ3v) is 13.1. The zero-order chi connectivity index (χ0) is 38.0. The molecule has 0 radical (unpaired) electrons. The molecule has 4 heterocycles. The van der Waals surface area contributed by atoms with E-state index >= 15 is 0 Å². The summed E-state index contributed by atoms with van der Waals surface area (Å²) in [5.41, 5.74) is 15.2. The van der Waals surface area contributed by atoms with Crippen molar-refractivity contribution in [3.63, 3.8) is 0 Å². The lowest BCUT2D eigenvalue weighted by Crippen LogP contribution is -2.37. The van der Waals surface area contributed by atoms with Gasteiger partial charge in [0.25, 0.3) is 0 Å². The van der Waals surface area contributed by atoms with Gasteiger partial charge in [0, 0.05) is 44.3 Å². The first-order chi connectivity index (χ1) is 28.8. The van der Waals surface area contributed by atoms with Crippen molar-refractivity contribution >= 4 is 49.3 Å². The minimum atomic E-state index is -0.631. The predicted octanol–water partition coefficient (Wildman–Crippen LogP) is 13.9. The molecule has 2 unspecified atom stereocenters. The highest BCUT2D eigenvalue weighted by atomic mass is 16.5. The van der Waals surface area contributed by atoms with Gasteiger partial charge in [-0.15, -0.1) is 0 Å². The van der Waals surface area contributed by atoms with Gasteiger partial charge in [0.05, 0.1) is 33.2 Å². The lowest BCUT2D eigenvalue weighted by molar-refractivity contribution is 0.438. The van der Waals surface area contributed by atoms with Crippen molar-refractivity contribution in [2.75, 3.05) is 0 Å². The van der Waals surface area contributed by atoms with Crippen LogP contribution in [0.15, 0.2) is 200 Å². The van der Waals surface area contributed by atoms with E-state index in [1.165, 1.54) is 82.9 Å². The molecule has 1 aliphatic carbocycles. The van der Waals surface area contributed by atoms with Crippen LogP contribution in [-0.4, -0.2) is 9.13 Å². The van der Waals surface area contributed by atoms with Gasteiger partial charge in [0.1, 0.15) is 5.75 Å². The number of hydrogen-bond acceptors (Lipinski definition) is 1. The normalized spacial score (nSPS) is 17.7. The number of aromatic nitrogens is 2. The molecule has 0 fully saturated rings. The van der Waals surface area contributed by atoms with E-state index in [1.807, 2.05) is 0 Å². The molecule has 1 spiro atoms. The Kier molecular flexibility index (Phi) is 6.49. The summed E-state index contributed by atoms with van der Waals surface area (Å²) >= 11 is 0. The van der Waals surface area contributed by atoms with Gasteiger partial charge in [0.15, 0.2) is 5.75 Å². The second-order valence-electron chi connectivity index (χ2n) is 15.9. The number of para-hydroxylation sites is 5. The molecule has 2 aliphatic heterocycles. The Morgan fingerprint density at radius 3 is 1.90 bits per heavy atom. The maximum absolute atomic E-state index is 7.30. The van der Waals surface area contributed by atoms with Crippen molar-refractivity contribution in [1.29, 1.82) is 0 Å². The first-order valence-electron chi connectivity index (χ1n) is 20.3. The summed E-state index contributed by atoms with van der Waals surface area (Å²) in [4.78, 5) is 0. The molecule has 0 saturated heterocycles. The maximum Gasteiger partial charge on any atom is 0.156 e. The molecular formula is C55H36N2O. The number of nitrogens with zero attached hydrogens (tertiary/aromatic N) is 2. The minimum Gasteiger partial charge on any atom is -0.454 e. The Morgan fingerprint density at radius 2 is 1.10 bits per heavy atom. The van der Waals surface area contributed by atoms with Gasteiger partial charge in [-0.05, 0) is 64.6 Å². The fraction of sp³-hybridized carbons (Fsp3) is 0.0545. The molecule has 2 atom stereocenters. The van der Waals surface area contributed by atoms with Crippen LogP contribution in [0.4, 0.5) is 0 Å². The molecule has 58 heavy (non-hydrogen) atoms. The van der Waals surface area contributed by atoms with E-state index in [0.717, 1.165) is 29.0 Å². The van der Waals surface area contributed by atoms with Crippen molar-refractivity contribution in [2.24, 2.45) is 0 Å². The van der Waals surface area contributed by atoms with Crippen LogP contribution in [0.25, 0.3) is 66.1 Å². The molecule has 272 valence electrons. The van der Waals surface area contributed by atoms with Crippen LogP contribution in [0.5, 0.6) is 11.5 Å². The Bertz CT molecular complexity index is 3400. The number of rotatable bonds is 3. The molecule has 8 aromatic carbocycles. The van der Waals surface area contributed by atoms with Gasteiger partial charge in [-0.3, -0.25) is 0 Å². The third kappa shape index (κ3) is 4.12. The molecule has 0 bridgehead atoms. The topological polar surface area (TPSA) is 19.1 Å². The van der Waals surface area contributed by atoms with Crippen molar-refractivity contribution in [1.82, 2.24) is 9.13 Å². The van der Waals surface area contributed by atoms with Gasteiger partial charge in [-0.25, -0.2) is 0 Å². The molecule has 2 aromatic heterocycles. The quantitative estimate of drug-likeness (QED) is 0.176. The van der Waals surface area contributed by atoms with E-state index in [2.05, 4.69) is 209 Å². The van der Waals surface area contributed by atoms with Crippen molar-refractivity contribution in [3.05, 3.63) is 228 Å². The Morgan fingerprint density at radius 1 is 0.466 bits per heavy atom. The molecular weight excluding hydrogens is 705 g/mol. The van der Waals surface area contributed by atoms with Crippen LogP contribution in [0, 0.1) is 0 Å². The molecule has 13 rings (SSSR count). The average Bonchev–Trinajstić information content (AvgIpc) is 3.82. The van der Waals surface area contributed by atoms with Gasteiger partial charge < -0.3 is 13.9 Å². The number of hydrogen-bond donors (Lipinski definition) is 0. The predicted molar refractivity (Wildman–Crippen MR) is 238 cm³/mol. The summed E-state index contributed by atoms with van der Waals surface area (Å²) < 4.78 is 12.3. The monoisotopic (exact) mass is 740 g/mol. The fourth-order valence-corrected chi connectivity index (χ4v) is 10.7. The Hall–Kier alpha value is -7.36. The van der Waals surface area contributed by atoms with E-state index in [1.54, 1.807) is 0 Å². The molecule has 3 heteroatoms. The summed E-state index contributed by atoms with van der Waals surface area (Å²) in [6.07, 6.45) is 8.04. The van der Waals surface area contributed by atoms with Crippen LogP contribution in [-0.2, 0) is 5.41 Å². The Labute approximate surface area is 336 Å². The van der Waals surface area contributed by atoms with Gasteiger partial charge in [0.2, 0.25) is 0 Å². The molecule has 0 amide bonds. The van der Waals surface area contributed by atoms with Crippen LogP contribution < -0.4 is 4.74 Å². The highest BCUT2D eigenvalue weighted by molar-refractivity contribution is 6.15. The second-order valence-corrected chi connectivity index (χ2v) is 15.9. The lowest BCUT2D eigenvalue weighted by Gasteiger charge is -2.45. The van der Waals surface area contributed by atoms with E-state index < -0.39 is 5.41 Å². The van der Waals surface area contributed by atoms with Gasteiger partial charge in [-0.1, -0.05) is 170 Å². The zero-order valence-electron chi connectivity index (χ0n) is 31.6. The standard InChI is InChI=1S/C55H36N2O/c1-2-13-35(14-3-1)36-25-27-37(28-26-36)38-29-31-39(32-30-38)56-48-21-8-4-16-41(48)43-33-34-47-54(53(43)56)58-51-24-11-7-19-45(51)55(47)44-18-6-10-23-50(44)57-49-22-9-5-15-40(49)42-17-12-20-46(55)52(42)57/h1-29,31-34,38H,30H2. The fourth-order valence-electron chi connectivity index (χ4n) is 10.7. The summed E-state index contributed by atoms with van der Waals surface area (Å²) in [7, 11) is 0. The molecule has 0 saturated carbocycles. The maximum atomic E-state index is 7.30. The van der Waals surface area contributed by atoms with Crippen LogP contribution in [0.1, 0.15) is 40.2 Å². The largest absolute Gasteiger partial charge is 0.454 e. The number of allylic oxidation sites excluding steroid dienone is 4. The summed E-state index contributed by atoms with van der Waals surface area (Å²) in [5.74, 6) is 2.10. The lowest BCUT2D eigenvalue weighted by atomic mass is 9.61. The first kappa shape index (κ1) is 31.8. The zero-order valence-corrected chi connectivity index (χ0v) is 31.6. The smallest absolute Gasteiger partial charge is 0.156 e. The average molecular weight is 741 g/mol. The number of ether oxygens (including phenoxy) is 1. The Balaban J connectivity index is 1.05. The number of benzene rings is 8. The van der Waals surface area contributed by atoms with Gasteiger partial charge >= 0.3 is 0 Å². The van der Waals surface area contributed by atoms with Crippen molar-refractivity contribution in [3.8, 4) is 28.3 Å². The van der Waals surface area contributed by atoms with Crippen LogP contribution >= 0.6 is 0 Å². The summed E-state index contributed by atoms with van der Waals surface area (Å²) in [6, 6.07) is 66.7. The molecule has 3 aliphatic rings. The number of fused-ring (bicyclic) bond motifs is 15. The van der Waals surface area contributed by atoms with E-state index in [9.17, 15) is 0 Å². The first-order valence-corrected chi connectivity index (χ1v) is 20.3. The van der Waals surface area contributed by atoms with Crippen LogP contribution in [0.2, 0.25) is 0 Å². The second kappa shape index (κ2) is 11.8. The van der Waals surface area contributed by atoms with Crippen molar-refractivity contribution < 1.29 is 4.74 Å². The summed E-state index contributed by atoms with van der Waals surface area (Å²) in [5, 5.41) is 4.94. The third-order valence-electron chi connectivity index (χ3n) is 13.1. The molecule has 3 nitrogen and oxygen atoms in total. The minimum absolute atomic E-state index is 0.299. The molecule has 10 aromatic rings. The highest BCUT2D eigenvalue weighted by Gasteiger charge is 2.51. The summed E-state index contributed by atoms with van der Waals surface area (Å²) in [6.45, 7) is 0. The SMILES string of the molecule is C1=CC(c2ccc(-c3ccccc3)cc2)CC=C1n1c2ccccc2c2ccc3c(c21)Oc1ccccc1C31c2ccccc2-n2c3ccccc3c3cccc1c32. The molecule has 0 N–H and O–H groups in total. The van der Waals surface area contributed by atoms with E-state index in [-0.39, 0.29) is 0 Å².